The third-order valence-corrected chi connectivity index (χ3v) is 5.20. The number of hydrogen-bond acceptors (Lipinski definition) is 4. The minimum absolute atomic E-state index is 0.0556. The van der Waals surface area contributed by atoms with Crippen LogP contribution in [0.4, 0.5) is 0 Å². The molecule has 4 rings (SSSR count). The number of hydrogen-bond donors (Lipinski definition) is 0. The molecule has 0 radical (unpaired) electrons. The van der Waals surface area contributed by atoms with E-state index in [4.69, 9.17) is 4.52 Å². The molecule has 1 atom stereocenters. The molecule has 3 aromatic rings. The molecular weight excluding hydrogens is 394 g/mol. The Kier molecular flexibility index (Phi) is 4.59. The van der Waals surface area contributed by atoms with Crippen molar-refractivity contribution in [3.05, 3.63) is 70.0 Å². The summed E-state index contributed by atoms with van der Waals surface area (Å²) in [5.74, 6) is 1.15. The Hall–Kier alpha value is -2.47. The summed E-state index contributed by atoms with van der Waals surface area (Å²) in [6.07, 6.45) is 0.409. The zero-order valence-corrected chi connectivity index (χ0v) is 15.9. The number of aryl methyl sites for hydroxylation is 1. The molecule has 1 aliphatic rings. The number of benzene rings is 2. The zero-order valence-electron chi connectivity index (χ0n) is 14.4. The van der Waals surface area contributed by atoms with Crippen LogP contribution in [0.5, 0.6) is 0 Å². The van der Waals surface area contributed by atoms with Crippen molar-refractivity contribution in [1.82, 2.24) is 15.0 Å². The van der Waals surface area contributed by atoms with Crippen molar-refractivity contribution in [1.29, 1.82) is 0 Å². The second kappa shape index (κ2) is 7.03. The van der Waals surface area contributed by atoms with Gasteiger partial charge in [-0.25, -0.2) is 0 Å². The van der Waals surface area contributed by atoms with Gasteiger partial charge in [-0.15, -0.1) is 0 Å². The lowest BCUT2D eigenvalue weighted by atomic mass is 10.1. The molecule has 132 valence electrons. The molecule has 6 heteroatoms. The third kappa shape index (κ3) is 3.42. The van der Waals surface area contributed by atoms with E-state index in [1.165, 1.54) is 11.1 Å². The van der Waals surface area contributed by atoms with Crippen LogP contribution in [0.15, 0.2) is 57.5 Å². The lowest BCUT2D eigenvalue weighted by Crippen LogP contribution is -2.24. The molecular formula is C20H18BrN3O2. The first-order valence-electron chi connectivity index (χ1n) is 8.52. The summed E-state index contributed by atoms with van der Waals surface area (Å²) in [6, 6.07) is 15.9. The highest BCUT2D eigenvalue weighted by Crippen LogP contribution is 2.30. The Morgan fingerprint density at radius 3 is 2.88 bits per heavy atom. The normalized spacial score (nSPS) is 17.1. The van der Waals surface area contributed by atoms with Crippen molar-refractivity contribution in [2.45, 2.75) is 25.8 Å². The van der Waals surface area contributed by atoms with Crippen molar-refractivity contribution < 1.29 is 9.32 Å². The van der Waals surface area contributed by atoms with Gasteiger partial charge in [-0.2, -0.15) is 4.98 Å². The molecule has 2 aromatic carbocycles. The van der Waals surface area contributed by atoms with Gasteiger partial charge in [0, 0.05) is 29.5 Å². The lowest BCUT2D eigenvalue weighted by Gasteiger charge is -2.17. The van der Waals surface area contributed by atoms with Crippen LogP contribution in [0.2, 0.25) is 0 Å². The predicted molar refractivity (Wildman–Crippen MR) is 101 cm³/mol. The summed E-state index contributed by atoms with van der Waals surface area (Å²) in [5.41, 5.74) is 3.25. The minimum atomic E-state index is -0.0556. The van der Waals surface area contributed by atoms with Crippen LogP contribution < -0.4 is 0 Å². The van der Waals surface area contributed by atoms with E-state index >= 15 is 0 Å². The maximum Gasteiger partial charge on any atom is 0.232 e. The maximum atomic E-state index is 12.4. The average Bonchev–Trinajstić information content (AvgIpc) is 3.24. The Balaban J connectivity index is 1.50. The fraction of sp³-hybridized carbons (Fsp3) is 0.250. The van der Waals surface area contributed by atoms with Gasteiger partial charge in [-0.3, -0.25) is 4.79 Å². The molecule has 0 aliphatic carbocycles. The fourth-order valence-electron chi connectivity index (χ4n) is 3.23. The topological polar surface area (TPSA) is 59.2 Å². The van der Waals surface area contributed by atoms with Gasteiger partial charge in [-0.05, 0) is 30.2 Å². The van der Waals surface area contributed by atoms with E-state index < -0.39 is 0 Å². The van der Waals surface area contributed by atoms with Gasteiger partial charge in [0.05, 0.1) is 5.92 Å². The number of nitrogens with zero attached hydrogens (tertiary/aromatic N) is 3. The predicted octanol–water partition coefficient (Wildman–Crippen LogP) is 4.32. The van der Waals surface area contributed by atoms with Crippen LogP contribution in [0.25, 0.3) is 11.4 Å². The van der Waals surface area contributed by atoms with Crippen LogP contribution in [0.3, 0.4) is 0 Å². The first kappa shape index (κ1) is 17.0. The van der Waals surface area contributed by atoms with Crippen molar-refractivity contribution in [3.63, 3.8) is 0 Å². The number of carbonyl (C=O) groups excluding carboxylic acids is 1. The molecule has 0 N–H and O–H groups in total. The summed E-state index contributed by atoms with van der Waals surface area (Å²) in [6.45, 7) is 3.29. The molecule has 1 unspecified atom stereocenters. The van der Waals surface area contributed by atoms with Gasteiger partial charge >= 0.3 is 0 Å². The van der Waals surface area contributed by atoms with E-state index in [-0.39, 0.29) is 11.8 Å². The van der Waals surface area contributed by atoms with Crippen molar-refractivity contribution in [2.24, 2.45) is 0 Å². The summed E-state index contributed by atoms with van der Waals surface area (Å²) in [4.78, 5) is 18.8. The van der Waals surface area contributed by atoms with Crippen LogP contribution in [0, 0.1) is 6.92 Å². The monoisotopic (exact) mass is 411 g/mol. The standard InChI is InChI=1S/C20H18BrN3O2/c1-13-5-2-3-6-15(13)11-24-12-16(10-18(24)25)20-22-19(23-26-20)14-7-4-8-17(21)9-14/h2-9,16H,10-12H2,1H3. The van der Waals surface area contributed by atoms with E-state index in [9.17, 15) is 4.79 Å². The number of halogens is 1. The van der Waals surface area contributed by atoms with E-state index in [0.29, 0.717) is 31.2 Å². The van der Waals surface area contributed by atoms with E-state index in [2.05, 4.69) is 45.1 Å². The minimum Gasteiger partial charge on any atom is -0.339 e. The molecule has 0 saturated carbocycles. The fourth-order valence-corrected chi connectivity index (χ4v) is 3.63. The van der Waals surface area contributed by atoms with Gasteiger partial charge in [0.15, 0.2) is 0 Å². The molecule has 1 amide bonds. The number of rotatable bonds is 4. The summed E-state index contributed by atoms with van der Waals surface area (Å²) in [5, 5.41) is 4.08. The molecule has 26 heavy (non-hydrogen) atoms. The zero-order chi connectivity index (χ0) is 18.1. The van der Waals surface area contributed by atoms with Crippen LogP contribution >= 0.6 is 15.9 Å². The van der Waals surface area contributed by atoms with Crippen molar-refractivity contribution in [3.8, 4) is 11.4 Å². The Labute approximate surface area is 160 Å². The second-order valence-electron chi connectivity index (χ2n) is 6.57. The number of amides is 1. The molecule has 5 nitrogen and oxygen atoms in total. The van der Waals surface area contributed by atoms with Crippen LogP contribution in [-0.2, 0) is 11.3 Å². The third-order valence-electron chi connectivity index (χ3n) is 4.71. The number of carbonyl (C=O) groups is 1. The highest BCUT2D eigenvalue weighted by Gasteiger charge is 2.34. The van der Waals surface area contributed by atoms with E-state index in [1.54, 1.807) is 0 Å². The Morgan fingerprint density at radius 2 is 2.08 bits per heavy atom. The Bertz CT molecular complexity index is 953. The van der Waals surface area contributed by atoms with E-state index in [0.717, 1.165) is 10.0 Å². The first-order chi connectivity index (χ1) is 12.6. The largest absolute Gasteiger partial charge is 0.339 e. The average molecular weight is 412 g/mol. The van der Waals surface area contributed by atoms with E-state index in [1.807, 2.05) is 41.3 Å². The number of aromatic nitrogens is 2. The summed E-state index contributed by atoms with van der Waals surface area (Å²) in [7, 11) is 0. The molecule has 2 heterocycles. The highest BCUT2D eigenvalue weighted by molar-refractivity contribution is 9.10. The van der Waals surface area contributed by atoms with Gasteiger partial charge < -0.3 is 9.42 Å². The molecule has 1 aromatic heterocycles. The van der Waals surface area contributed by atoms with Gasteiger partial charge in [-0.1, -0.05) is 57.5 Å². The molecule has 1 saturated heterocycles. The second-order valence-corrected chi connectivity index (χ2v) is 7.48. The summed E-state index contributed by atoms with van der Waals surface area (Å²) >= 11 is 3.45. The molecule has 0 spiro atoms. The van der Waals surface area contributed by atoms with Crippen LogP contribution in [0.1, 0.15) is 29.4 Å². The lowest BCUT2D eigenvalue weighted by molar-refractivity contribution is -0.128. The van der Waals surface area contributed by atoms with Gasteiger partial charge in [0.25, 0.3) is 0 Å². The highest BCUT2D eigenvalue weighted by atomic mass is 79.9. The van der Waals surface area contributed by atoms with Gasteiger partial charge in [0.2, 0.25) is 17.6 Å². The number of likely N-dealkylation sites (tertiary alicyclic amines) is 1. The van der Waals surface area contributed by atoms with Crippen molar-refractivity contribution in [2.75, 3.05) is 6.54 Å². The smallest absolute Gasteiger partial charge is 0.232 e. The summed E-state index contributed by atoms with van der Waals surface area (Å²) < 4.78 is 6.42. The van der Waals surface area contributed by atoms with Gasteiger partial charge in [0.1, 0.15) is 0 Å². The maximum absolute atomic E-state index is 12.4. The molecule has 1 aliphatic heterocycles. The van der Waals surface area contributed by atoms with Crippen molar-refractivity contribution >= 4 is 21.8 Å². The SMILES string of the molecule is Cc1ccccc1CN1CC(c2nc(-c3cccc(Br)c3)no2)CC1=O. The first-order valence-corrected chi connectivity index (χ1v) is 9.31. The Morgan fingerprint density at radius 1 is 1.23 bits per heavy atom. The molecule has 0 bridgehead atoms. The quantitative estimate of drug-likeness (QED) is 0.640. The molecule has 1 fully saturated rings. The van der Waals surface area contributed by atoms with Crippen LogP contribution in [-0.4, -0.2) is 27.5 Å².